The summed E-state index contributed by atoms with van der Waals surface area (Å²) in [6, 6.07) is 4.02. The molecule has 0 radical (unpaired) electrons. The summed E-state index contributed by atoms with van der Waals surface area (Å²) in [5.41, 5.74) is 2.01. The molecule has 2 aliphatic rings. The molecule has 5 rings (SSSR count). The van der Waals surface area contributed by atoms with Gasteiger partial charge in [0.05, 0.1) is 11.9 Å². The van der Waals surface area contributed by atoms with Crippen molar-refractivity contribution in [2.45, 2.75) is 13.8 Å². The van der Waals surface area contributed by atoms with Gasteiger partial charge in [-0.2, -0.15) is 5.10 Å². The minimum Gasteiger partial charge on any atom is -0.356 e. The van der Waals surface area contributed by atoms with Crippen molar-refractivity contribution < 1.29 is 4.39 Å². The topological polar surface area (TPSA) is 75.9 Å². The van der Waals surface area contributed by atoms with E-state index in [1.54, 1.807) is 6.33 Å². The monoisotopic (exact) mass is 380 g/mol. The molecule has 0 N–H and O–H groups in total. The molecule has 0 bridgehead atoms. The molecule has 0 aromatic carbocycles. The van der Waals surface area contributed by atoms with Gasteiger partial charge in [-0.05, 0) is 19.9 Å². The van der Waals surface area contributed by atoms with Crippen LogP contribution in [0.5, 0.6) is 0 Å². The lowest BCUT2D eigenvalue weighted by molar-refractivity contribution is 0.533. The van der Waals surface area contributed by atoms with Crippen molar-refractivity contribution in [2.75, 3.05) is 36.0 Å². The Hall–Kier alpha value is -3.10. The molecule has 0 aliphatic carbocycles. The number of nitrogens with zero attached hydrogens (tertiary/aromatic N) is 8. The van der Waals surface area contributed by atoms with Gasteiger partial charge in [0.1, 0.15) is 18.5 Å². The van der Waals surface area contributed by atoms with Crippen LogP contribution >= 0.6 is 0 Å². The summed E-state index contributed by atoms with van der Waals surface area (Å²) >= 11 is 0. The SMILES string of the molecule is Cc1cc(C)n(-c2cc(N3CC4CN(c5ncncc5F)CC4C3)ncn2)n1. The van der Waals surface area contributed by atoms with Gasteiger partial charge in [0.25, 0.3) is 0 Å². The van der Waals surface area contributed by atoms with Gasteiger partial charge in [0.2, 0.25) is 0 Å². The molecule has 2 atom stereocenters. The standard InChI is InChI=1S/C19H21FN8/c1-12-3-13(2)28(25-12)18-4-17(22-11-23-18)26-6-14-8-27(9-15(14)7-26)19-16(20)5-21-10-24-19/h3-5,10-11,14-15H,6-9H2,1-2H3. The zero-order valence-corrected chi connectivity index (χ0v) is 15.8. The van der Waals surface area contributed by atoms with Crippen molar-refractivity contribution in [3.8, 4) is 5.82 Å². The number of anilines is 2. The molecule has 144 valence electrons. The van der Waals surface area contributed by atoms with E-state index >= 15 is 0 Å². The van der Waals surface area contributed by atoms with E-state index in [1.807, 2.05) is 35.6 Å². The lowest BCUT2D eigenvalue weighted by Crippen LogP contribution is -2.30. The highest BCUT2D eigenvalue weighted by Crippen LogP contribution is 2.35. The van der Waals surface area contributed by atoms with Crippen molar-refractivity contribution in [2.24, 2.45) is 11.8 Å². The number of rotatable bonds is 3. The van der Waals surface area contributed by atoms with Crippen LogP contribution in [-0.2, 0) is 0 Å². The van der Waals surface area contributed by atoms with Crippen LogP contribution in [0.3, 0.4) is 0 Å². The average Bonchev–Trinajstić information content (AvgIpc) is 3.35. The van der Waals surface area contributed by atoms with E-state index in [4.69, 9.17) is 0 Å². The number of halogens is 1. The Morgan fingerprint density at radius 1 is 0.893 bits per heavy atom. The molecule has 8 nitrogen and oxygen atoms in total. The van der Waals surface area contributed by atoms with Gasteiger partial charge in [-0.15, -0.1) is 0 Å². The fourth-order valence-electron chi connectivity index (χ4n) is 4.38. The molecule has 2 aliphatic heterocycles. The Morgan fingerprint density at radius 3 is 2.29 bits per heavy atom. The van der Waals surface area contributed by atoms with E-state index in [0.29, 0.717) is 17.7 Å². The Kier molecular flexibility index (Phi) is 3.96. The minimum atomic E-state index is -0.357. The molecule has 3 aromatic rings. The number of aromatic nitrogens is 6. The Labute approximate surface area is 162 Å². The normalized spacial score (nSPS) is 21.4. The first-order valence-electron chi connectivity index (χ1n) is 9.39. The van der Waals surface area contributed by atoms with E-state index < -0.39 is 0 Å². The third-order valence-electron chi connectivity index (χ3n) is 5.62. The largest absolute Gasteiger partial charge is 0.356 e. The maximum atomic E-state index is 14.0. The van der Waals surface area contributed by atoms with Crippen molar-refractivity contribution in [1.29, 1.82) is 0 Å². The van der Waals surface area contributed by atoms with Crippen LogP contribution in [0.2, 0.25) is 0 Å². The summed E-state index contributed by atoms with van der Waals surface area (Å²) in [5.74, 6) is 2.65. The van der Waals surface area contributed by atoms with Gasteiger partial charge in [-0.3, -0.25) is 0 Å². The summed E-state index contributed by atoms with van der Waals surface area (Å²) in [4.78, 5) is 21.0. The second kappa shape index (κ2) is 6.50. The molecule has 28 heavy (non-hydrogen) atoms. The highest BCUT2D eigenvalue weighted by atomic mass is 19.1. The zero-order valence-electron chi connectivity index (χ0n) is 15.8. The third-order valence-corrected chi connectivity index (χ3v) is 5.62. The van der Waals surface area contributed by atoms with Gasteiger partial charge < -0.3 is 9.80 Å². The van der Waals surface area contributed by atoms with Gasteiger partial charge in [0.15, 0.2) is 17.5 Å². The first-order valence-corrected chi connectivity index (χ1v) is 9.39. The lowest BCUT2D eigenvalue weighted by atomic mass is 10.0. The molecular formula is C19H21FN8. The molecular weight excluding hydrogens is 359 g/mol. The minimum absolute atomic E-state index is 0.357. The zero-order chi connectivity index (χ0) is 19.3. The lowest BCUT2D eigenvalue weighted by Gasteiger charge is -2.23. The van der Waals surface area contributed by atoms with Gasteiger partial charge in [-0.25, -0.2) is 29.0 Å². The van der Waals surface area contributed by atoms with Crippen molar-refractivity contribution in [3.05, 3.63) is 48.2 Å². The Bertz CT molecular complexity index is 1000. The molecule has 0 saturated carbocycles. The second-order valence-corrected chi connectivity index (χ2v) is 7.60. The summed E-state index contributed by atoms with van der Waals surface area (Å²) in [7, 11) is 0. The van der Waals surface area contributed by atoms with E-state index in [1.165, 1.54) is 12.5 Å². The van der Waals surface area contributed by atoms with Crippen molar-refractivity contribution in [3.63, 3.8) is 0 Å². The van der Waals surface area contributed by atoms with E-state index in [-0.39, 0.29) is 5.82 Å². The average molecular weight is 380 g/mol. The molecule has 2 unspecified atom stereocenters. The first kappa shape index (κ1) is 17.0. The summed E-state index contributed by atoms with van der Waals surface area (Å²) in [6.07, 6.45) is 4.22. The van der Waals surface area contributed by atoms with E-state index in [0.717, 1.165) is 49.2 Å². The molecule has 2 saturated heterocycles. The smallest absolute Gasteiger partial charge is 0.183 e. The maximum absolute atomic E-state index is 14.0. The predicted octanol–water partition coefficient (Wildman–Crippen LogP) is 1.78. The number of hydrogen-bond acceptors (Lipinski definition) is 7. The molecule has 9 heteroatoms. The van der Waals surface area contributed by atoms with Crippen LogP contribution in [0.15, 0.2) is 31.0 Å². The Morgan fingerprint density at radius 2 is 1.61 bits per heavy atom. The first-order chi connectivity index (χ1) is 13.6. The van der Waals surface area contributed by atoms with E-state index in [2.05, 4.69) is 29.9 Å². The number of fused-ring (bicyclic) bond motifs is 1. The van der Waals surface area contributed by atoms with E-state index in [9.17, 15) is 4.39 Å². The fraction of sp³-hybridized carbons (Fsp3) is 0.421. The maximum Gasteiger partial charge on any atom is 0.183 e. The second-order valence-electron chi connectivity index (χ2n) is 7.60. The van der Waals surface area contributed by atoms with Crippen LogP contribution in [0.4, 0.5) is 16.0 Å². The fourth-order valence-corrected chi connectivity index (χ4v) is 4.38. The molecule has 5 heterocycles. The summed E-state index contributed by atoms with van der Waals surface area (Å²) in [5, 5.41) is 4.51. The number of aryl methyl sites for hydroxylation is 2. The molecule has 0 spiro atoms. The number of hydrogen-bond donors (Lipinski definition) is 0. The molecule has 0 amide bonds. The van der Waals surface area contributed by atoms with Gasteiger partial charge >= 0.3 is 0 Å². The van der Waals surface area contributed by atoms with Crippen LogP contribution in [0.25, 0.3) is 5.82 Å². The molecule has 3 aromatic heterocycles. The predicted molar refractivity (Wildman–Crippen MR) is 102 cm³/mol. The highest BCUT2D eigenvalue weighted by molar-refractivity contribution is 5.47. The highest BCUT2D eigenvalue weighted by Gasteiger charge is 2.41. The van der Waals surface area contributed by atoms with Crippen LogP contribution < -0.4 is 9.80 Å². The Balaban J connectivity index is 1.33. The van der Waals surface area contributed by atoms with Crippen LogP contribution in [-0.4, -0.2) is 55.9 Å². The summed E-state index contributed by atoms with van der Waals surface area (Å²) in [6.45, 7) is 7.36. The van der Waals surface area contributed by atoms with Gasteiger partial charge in [0, 0.05) is 49.8 Å². The summed E-state index contributed by atoms with van der Waals surface area (Å²) < 4.78 is 15.8. The van der Waals surface area contributed by atoms with Crippen LogP contribution in [0, 0.1) is 31.5 Å². The quantitative estimate of drug-likeness (QED) is 0.686. The van der Waals surface area contributed by atoms with Crippen molar-refractivity contribution >= 4 is 11.6 Å². The van der Waals surface area contributed by atoms with Crippen molar-refractivity contribution in [1.82, 2.24) is 29.7 Å². The van der Waals surface area contributed by atoms with Crippen LogP contribution in [0.1, 0.15) is 11.4 Å². The van der Waals surface area contributed by atoms with Gasteiger partial charge in [-0.1, -0.05) is 0 Å². The molecule has 2 fully saturated rings. The third kappa shape index (κ3) is 2.87.